The van der Waals surface area contributed by atoms with Gasteiger partial charge in [0.25, 0.3) is 0 Å². The fourth-order valence-electron chi connectivity index (χ4n) is 2.61. The summed E-state index contributed by atoms with van der Waals surface area (Å²) in [5, 5.41) is 6.59. The van der Waals surface area contributed by atoms with Gasteiger partial charge in [-0.15, -0.1) is 0 Å². The summed E-state index contributed by atoms with van der Waals surface area (Å²) >= 11 is 0. The molecular weight excluding hydrogens is 332 g/mol. The van der Waals surface area contributed by atoms with Crippen LogP contribution < -0.4 is 9.62 Å². The van der Waals surface area contributed by atoms with Crippen molar-refractivity contribution in [2.45, 2.75) is 25.3 Å². The van der Waals surface area contributed by atoms with Gasteiger partial charge in [0.05, 0.1) is 31.1 Å². The van der Waals surface area contributed by atoms with Crippen LogP contribution in [0, 0.1) is 13.8 Å². The number of anilines is 1. The highest BCUT2D eigenvalue weighted by molar-refractivity contribution is 7.89. The Morgan fingerprint density at radius 3 is 2.75 bits per heavy atom. The lowest BCUT2D eigenvalue weighted by molar-refractivity contribution is 0.122. The van der Waals surface area contributed by atoms with Crippen molar-refractivity contribution in [2.24, 2.45) is 0 Å². The zero-order valence-electron chi connectivity index (χ0n) is 13.6. The van der Waals surface area contributed by atoms with Crippen LogP contribution in [0.4, 0.5) is 5.82 Å². The highest BCUT2D eigenvalue weighted by Gasteiger charge is 2.22. The molecule has 0 aliphatic carbocycles. The summed E-state index contributed by atoms with van der Waals surface area (Å²) in [4.78, 5) is 10.8. The van der Waals surface area contributed by atoms with E-state index >= 15 is 0 Å². The molecule has 9 nitrogen and oxygen atoms in total. The first-order valence-corrected chi connectivity index (χ1v) is 9.11. The summed E-state index contributed by atoms with van der Waals surface area (Å²) in [5.74, 6) is 1.19. The maximum atomic E-state index is 12.4. The third-order valence-corrected chi connectivity index (χ3v) is 5.44. The minimum Gasteiger partial charge on any atom is -0.378 e. The van der Waals surface area contributed by atoms with Crippen LogP contribution in [0.3, 0.4) is 0 Å². The second-order valence-electron chi connectivity index (χ2n) is 5.52. The lowest BCUT2D eigenvalue weighted by Crippen LogP contribution is -2.37. The highest BCUT2D eigenvalue weighted by Crippen LogP contribution is 2.17. The third kappa shape index (κ3) is 3.55. The van der Waals surface area contributed by atoms with E-state index in [2.05, 4.69) is 29.8 Å². The molecule has 0 aromatic carbocycles. The molecule has 24 heavy (non-hydrogen) atoms. The summed E-state index contributed by atoms with van der Waals surface area (Å²) < 4.78 is 32.7. The molecule has 1 aliphatic rings. The Bertz CT molecular complexity index is 794. The van der Waals surface area contributed by atoms with Gasteiger partial charge in [-0.1, -0.05) is 0 Å². The van der Waals surface area contributed by atoms with Crippen molar-refractivity contribution in [1.82, 2.24) is 24.9 Å². The van der Waals surface area contributed by atoms with Gasteiger partial charge < -0.3 is 9.64 Å². The Balaban J connectivity index is 1.72. The van der Waals surface area contributed by atoms with Crippen LogP contribution in [0.1, 0.15) is 17.2 Å². The molecule has 2 aromatic rings. The first-order chi connectivity index (χ1) is 11.5. The van der Waals surface area contributed by atoms with E-state index in [0.717, 1.165) is 18.9 Å². The van der Waals surface area contributed by atoms with Gasteiger partial charge >= 0.3 is 0 Å². The number of nitrogens with zero attached hydrogens (tertiary/aromatic N) is 4. The van der Waals surface area contributed by atoms with Gasteiger partial charge in [0.1, 0.15) is 16.5 Å². The molecule has 0 bridgehead atoms. The highest BCUT2D eigenvalue weighted by atomic mass is 32.2. The lowest BCUT2D eigenvalue weighted by Gasteiger charge is -2.27. The summed E-state index contributed by atoms with van der Waals surface area (Å²) in [7, 11) is -3.67. The molecule has 0 saturated carbocycles. The standard InChI is InChI=1S/C14H20N6O3S/c1-10-14(11(2)19-18-10)24(21,22)16-9-12-15-4-3-13(17-12)20-5-7-23-8-6-20/h3-4,16H,5-9H2,1-2H3,(H,18,19). The summed E-state index contributed by atoms with van der Waals surface area (Å²) in [6, 6.07) is 1.81. The predicted octanol–water partition coefficient (Wildman–Crippen LogP) is 0.132. The normalized spacial score (nSPS) is 15.7. The molecule has 1 aliphatic heterocycles. The molecule has 130 valence electrons. The van der Waals surface area contributed by atoms with Crippen molar-refractivity contribution < 1.29 is 13.2 Å². The van der Waals surface area contributed by atoms with E-state index in [9.17, 15) is 8.42 Å². The fourth-order valence-corrected chi connectivity index (χ4v) is 3.96. The Morgan fingerprint density at radius 2 is 2.08 bits per heavy atom. The maximum Gasteiger partial charge on any atom is 0.244 e. The van der Waals surface area contributed by atoms with Crippen molar-refractivity contribution in [3.8, 4) is 0 Å². The third-order valence-electron chi connectivity index (χ3n) is 3.78. The van der Waals surface area contributed by atoms with Gasteiger partial charge in [0, 0.05) is 19.3 Å². The summed E-state index contributed by atoms with van der Waals surface area (Å²) in [6.07, 6.45) is 1.63. The van der Waals surface area contributed by atoms with Crippen LogP contribution in [0.15, 0.2) is 17.2 Å². The molecule has 1 saturated heterocycles. The Labute approximate surface area is 140 Å². The number of ether oxygens (including phenoxy) is 1. The fraction of sp³-hybridized carbons (Fsp3) is 0.500. The number of morpholine rings is 1. The molecule has 2 N–H and O–H groups in total. The number of H-pyrrole nitrogens is 1. The molecule has 0 amide bonds. The van der Waals surface area contributed by atoms with E-state index in [-0.39, 0.29) is 11.4 Å². The van der Waals surface area contributed by atoms with Crippen molar-refractivity contribution in [2.75, 3.05) is 31.2 Å². The largest absolute Gasteiger partial charge is 0.378 e. The summed E-state index contributed by atoms with van der Waals surface area (Å²) in [6.45, 7) is 6.17. The van der Waals surface area contributed by atoms with E-state index in [1.165, 1.54) is 0 Å². The van der Waals surface area contributed by atoms with Gasteiger partial charge in [-0.2, -0.15) is 5.10 Å². The van der Waals surface area contributed by atoms with Crippen LogP contribution in [0.5, 0.6) is 0 Å². The molecule has 2 aromatic heterocycles. The molecule has 0 radical (unpaired) electrons. The number of aryl methyl sites for hydroxylation is 2. The number of aromatic nitrogens is 4. The summed E-state index contributed by atoms with van der Waals surface area (Å²) in [5.41, 5.74) is 0.936. The van der Waals surface area contributed by atoms with Crippen molar-refractivity contribution in [3.05, 3.63) is 29.5 Å². The second-order valence-corrected chi connectivity index (χ2v) is 7.22. The Kier molecular flexibility index (Phi) is 4.78. The van der Waals surface area contributed by atoms with Crippen molar-refractivity contribution >= 4 is 15.8 Å². The molecule has 10 heteroatoms. The second kappa shape index (κ2) is 6.83. The van der Waals surface area contributed by atoms with E-state index in [1.54, 1.807) is 20.0 Å². The number of hydrogen-bond acceptors (Lipinski definition) is 7. The molecule has 3 heterocycles. The molecule has 0 spiro atoms. The Morgan fingerprint density at radius 1 is 1.33 bits per heavy atom. The first-order valence-electron chi connectivity index (χ1n) is 7.63. The van der Waals surface area contributed by atoms with Crippen LogP contribution >= 0.6 is 0 Å². The zero-order valence-corrected chi connectivity index (χ0v) is 14.4. The quantitative estimate of drug-likeness (QED) is 0.786. The number of sulfonamides is 1. The number of aromatic amines is 1. The zero-order chi connectivity index (χ0) is 17.2. The topological polar surface area (TPSA) is 113 Å². The molecule has 0 unspecified atom stereocenters. The van der Waals surface area contributed by atoms with E-state index in [1.807, 2.05) is 6.07 Å². The van der Waals surface area contributed by atoms with Gasteiger partial charge in [-0.25, -0.2) is 23.1 Å². The van der Waals surface area contributed by atoms with Crippen molar-refractivity contribution in [1.29, 1.82) is 0 Å². The predicted molar refractivity (Wildman–Crippen MR) is 87.2 cm³/mol. The SMILES string of the molecule is Cc1n[nH]c(C)c1S(=O)(=O)NCc1nccc(N2CCOCC2)n1. The van der Waals surface area contributed by atoms with Crippen LogP contribution in [-0.2, 0) is 21.3 Å². The molecule has 3 rings (SSSR count). The Hall–Kier alpha value is -2.04. The monoisotopic (exact) mass is 352 g/mol. The molecule has 0 atom stereocenters. The smallest absolute Gasteiger partial charge is 0.244 e. The van der Waals surface area contributed by atoms with Gasteiger partial charge in [-0.05, 0) is 19.9 Å². The average Bonchev–Trinajstić information content (AvgIpc) is 2.94. The van der Waals surface area contributed by atoms with E-state index in [4.69, 9.17) is 4.74 Å². The first kappa shape index (κ1) is 16.8. The molecule has 1 fully saturated rings. The number of hydrogen-bond donors (Lipinski definition) is 2. The van der Waals surface area contributed by atoms with E-state index in [0.29, 0.717) is 30.4 Å². The van der Waals surface area contributed by atoms with E-state index < -0.39 is 10.0 Å². The lowest BCUT2D eigenvalue weighted by atomic mass is 10.4. The number of nitrogens with one attached hydrogen (secondary N) is 2. The molecular formula is C14H20N6O3S. The van der Waals surface area contributed by atoms with Crippen LogP contribution in [-0.4, -0.2) is 54.9 Å². The maximum absolute atomic E-state index is 12.4. The van der Waals surface area contributed by atoms with Gasteiger partial charge in [-0.3, -0.25) is 5.10 Å². The van der Waals surface area contributed by atoms with Crippen LogP contribution in [0.2, 0.25) is 0 Å². The van der Waals surface area contributed by atoms with Gasteiger partial charge in [0.15, 0.2) is 0 Å². The van der Waals surface area contributed by atoms with Crippen LogP contribution in [0.25, 0.3) is 0 Å². The average molecular weight is 352 g/mol. The van der Waals surface area contributed by atoms with Gasteiger partial charge in [0.2, 0.25) is 10.0 Å². The number of rotatable bonds is 5. The minimum atomic E-state index is -3.67. The van der Waals surface area contributed by atoms with Crippen molar-refractivity contribution in [3.63, 3.8) is 0 Å². The minimum absolute atomic E-state index is 0.0184.